The smallest absolute Gasteiger partial charge is 0.168 e. The van der Waals surface area contributed by atoms with Crippen LogP contribution in [0.4, 0.5) is 0 Å². The lowest BCUT2D eigenvalue weighted by molar-refractivity contribution is -0.177. The van der Waals surface area contributed by atoms with Gasteiger partial charge in [0.25, 0.3) is 0 Å². The molecule has 1 aliphatic heterocycles. The van der Waals surface area contributed by atoms with E-state index in [1.54, 1.807) is 26.2 Å². The first-order valence-corrected chi connectivity index (χ1v) is 7.20. The fraction of sp³-hybridized carbons (Fsp3) is 0.562. The number of benzene rings is 1. The number of carbonyl (C=O) groups is 1. The van der Waals surface area contributed by atoms with Gasteiger partial charge in [-0.2, -0.15) is 0 Å². The van der Waals surface area contributed by atoms with Crippen molar-refractivity contribution < 1.29 is 24.5 Å². The van der Waals surface area contributed by atoms with Gasteiger partial charge in [-0.3, -0.25) is 4.79 Å². The summed E-state index contributed by atoms with van der Waals surface area (Å²) in [6.45, 7) is 1.42. The summed E-state index contributed by atoms with van der Waals surface area (Å²) < 4.78 is 11.3. The van der Waals surface area contributed by atoms with Gasteiger partial charge in [0.1, 0.15) is 17.3 Å². The quantitative estimate of drug-likeness (QED) is 0.848. The summed E-state index contributed by atoms with van der Waals surface area (Å²) >= 11 is 0. The number of ketones is 1. The van der Waals surface area contributed by atoms with E-state index in [-0.39, 0.29) is 18.3 Å². The van der Waals surface area contributed by atoms with Crippen molar-refractivity contribution in [1.82, 2.24) is 0 Å². The number of hydrogen-bond donors (Lipinski definition) is 2. The number of methoxy groups -OCH3 is 1. The lowest BCUT2D eigenvalue weighted by Gasteiger charge is -2.50. The lowest BCUT2D eigenvalue weighted by atomic mass is 9.65. The Morgan fingerprint density at radius 2 is 2.19 bits per heavy atom. The number of aliphatic hydroxyl groups excluding tert-OH is 2. The van der Waals surface area contributed by atoms with E-state index >= 15 is 0 Å². The van der Waals surface area contributed by atoms with Crippen LogP contribution in [0.5, 0.6) is 11.5 Å². The van der Waals surface area contributed by atoms with Crippen LogP contribution in [0.2, 0.25) is 0 Å². The molecule has 5 heteroatoms. The van der Waals surface area contributed by atoms with Crippen molar-refractivity contribution in [3.05, 3.63) is 23.8 Å². The molecule has 1 heterocycles. The Balaban J connectivity index is 2.11. The molecular formula is C16H20O5. The highest BCUT2D eigenvalue weighted by molar-refractivity contribution is 5.85. The number of ether oxygens (including phenoxy) is 2. The van der Waals surface area contributed by atoms with E-state index < -0.39 is 17.6 Å². The maximum atomic E-state index is 12.4. The molecule has 0 bridgehead atoms. The Hall–Kier alpha value is -1.59. The highest BCUT2D eigenvalue weighted by Crippen LogP contribution is 2.47. The van der Waals surface area contributed by atoms with Gasteiger partial charge in [0.05, 0.1) is 25.7 Å². The van der Waals surface area contributed by atoms with Crippen LogP contribution in [-0.2, 0) is 11.2 Å². The minimum absolute atomic E-state index is 0.0263. The maximum absolute atomic E-state index is 12.4. The fourth-order valence-electron chi connectivity index (χ4n) is 3.63. The van der Waals surface area contributed by atoms with Crippen molar-refractivity contribution >= 4 is 5.78 Å². The molecule has 1 aromatic carbocycles. The van der Waals surface area contributed by atoms with Crippen LogP contribution in [-0.4, -0.2) is 41.4 Å². The fourth-order valence-corrected chi connectivity index (χ4v) is 3.63. The van der Waals surface area contributed by atoms with E-state index in [1.165, 1.54) is 0 Å². The highest BCUT2D eigenvalue weighted by atomic mass is 16.5. The molecule has 0 amide bonds. The van der Waals surface area contributed by atoms with Gasteiger partial charge in [0, 0.05) is 12.0 Å². The van der Waals surface area contributed by atoms with Crippen LogP contribution >= 0.6 is 0 Å². The third-order valence-corrected chi connectivity index (χ3v) is 4.81. The molecule has 0 spiro atoms. The van der Waals surface area contributed by atoms with E-state index in [2.05, 4.69) is 0 Å². The van der Waals surface area contributed by atoms with Gasteiger partial charge in [-0.15, -0.1) is 0 Å². The molecular weight excluding hydrogens is 272 g/mol. The summed E-state index contributed by atoms with van der Waals surface area (Å²) in [5.41, 5.74) is -0.419. The Morgan fingerprint density at radius 1 is 1.43 bits per heavy atom. The van der Waals surface area contributed by atoms with Gasteiger partial charge in [-0.1, -0.05) is 13.0 Å². The molecule has 5 nitrogen and oxygen atoms in total. The lowest BCUT2D eigenvalue weighted by Crippen LogP contribution is -2.65. The third kappa shape index (κ3) is 1.95. The average Bonchev–Trinajstić information content (AvgIpc) is 2.50. The van der Waals surface area contributed by atoms with Crippen molar-refractivity contribution in [2.24, 2.45) is 11.8 Å². The zero-order valence-electron chi connectivity index (χ0n) is 12.2. The number of carbonyl (C=O) groups excluding carboxylic acids is 1. The summed E-state index contributed by atoms with van der Waals surface area (Å²) in [6.07, 6.45) is -0.145. The predicted octanol–water partition coefficient (Wildman–Crippen LogP) is 0.947. The summed E-state index contributed by atoms with van der Waals surface area (Å²) in [6, 6.07) is 5.39. The Bertz CT molecular complexity index is 570. The zero-order valence-corrected chi connectivity index (χ0v) is 12.2. The van der Waals surface area contributed by atoms with E-state index in [9.17, 15) is 15.0 Å². The first-order chi connectivity index (χ1) is 10.0. The van der Waals surface area contributed by atoms with Crippen molar-refractivity contribution in [2.45, 2.75) is 31.5 Å². The van der Waals surface area contributed by atoms with Crippen molar-refractivity contribution in [1.29, 1.82) is 0 Å². The van der Waals surface area contributed by atoms with Crippen molar-refractivity contribution in [2.75, 3.05) is 13.7 Å². The van der Waals surface area contributed by atoms with Crippen LogP contribution in [0.3, 0.4) is 0 Å². The molecule has 21 heavy (non-hydrogen) atoms. The molecule has 4 atom stereocenters. The second-order valence-electron chi connectivity index (χ2n) is 6.00. The molecule has 0 radical (unpaired) electrons. The van der Waals surface area contributed by atoms with E-state index in [0.29, 0.717) is 24.3 Å². The van der Waals surface area contributed by atoms with Crippen molar-refractivity contribution in [3.8, 4) is 11.5 Å². The Morgan fingerprint density at radius 3 is 2.86 bits per heavy atom. The van der Waals surface area contributed by atoms with Gasteiger partial charge in [-0.05, 0) is 24.5 Å². The van der Waals surface area contributed by atoms with Gasteiger partial charge in [-0.25, -0.2) is 0 Å². The first kappa shape index (κ1) is 14.4. The second-order valence-corrected chi connectivity index (χ2v) is 6.00. The number of aliphatic hydroxyl groups is 2. The summed E-state index contributed by atoms with van der Waals surface area (Å²) in [7, 11) is 1.57. The number of rotatable bonds is 2. The monoisotopic (exact) mass is 292 g/mol. The minimum atomic E-state index is -1.24. The van der Waals surface area contributed by atoms with Gasteiger partial charge >= 0.3 is 0 Å². The molecule has 2 aliphatic rings. The van der Waals surface area contributed by atoms with Crippen LogP contribution in [0.1, 0.15) is 18.9 Å². The van der Waals surface area contributed by atoms with E-state index in [0.717, 1.165) is 5.56 Å². The van der Waals surface area contributed by atoms with E-state index in [4.69, 9.17) is 9.47 Å². The molecule has 2 N–H and O–H groups in total. The zero-order chi connectivity index (χ0) is 15.2. The molecule has 0 saturated heterocycles. The molecule has 1 aromatic rings. The van der Waals surface area contributed by atoms with Crippen LogP contribution in [0.15, 0.2) is 18.2 Å². The first-order valence-electron chi connectivity index (χ1n) is 7.20. The Kier molecular flexibility index (Phi) is 3.42. The Labute approximate surface area is 123 Å². The molecule has 1 saturated carbocycles. The molecule has 1 fully saturated rings. The third-order valence-electron chi connectivity index (χ3n) is 4.81. The highest BCUT2D eigenvalue weighted by Gasteiger charge is 2.58. The second kappa shape index (κ2) is 5.00. The average molecular weight is 292 g/mol. The standard InChI is InChI=1S/C16H20O5/c1-9-6-12(18)11-7-10-13(20-2)4-3-5-14(10)21-16(11,8-17)15(9)19/h3-5,9,11,15,17,19H,6-8H2,1-2H3/t9-,11-,15+,16+/m1/s1. The SMILES string of the molecule is COc1cccc2c1C[C@@H]1C(=O)C[C@@H](C)[C@H](O)[C@@]1(CO)O2. The normalized spacial score (nSPS) is 34.7. The topological polar surface area (TPSA) is 76.0 Å². The largest absolute Gasteiger partial charge is 0.496 e. The maximum Gasteiger partial charge on any atom is 0.168 e. The van der Waals surface area contributed by atoms with Crippen LogP contribution < -0.4 is 9.47 Å². The van der Waals surface area contributed by atoms with Gasteiger partial charge in [0.2, 0.25) is 0 Å². The number of hydrogen-bond acceptors (Lipinski definition) is 5. The summed E-state index contributed by atoms with van der Waals surface area (Å²) in [4.78, 5) is 12.4. The van der Waals surface area contributed by atoms with Gasteiger partial charge < -0.3 is 19.7 Å². The number of fused-ring (bicyclic) bond motifs is 2. The van der Waals surface area contributed by atoms with Crippen molar-refractivity contribution in [3.63, 3.8) is 0 Å². The number of Topliss-reactive ketones (excluding diaryl/α,β-unsaturated/α-hetero) is 1. The summed E-state index contributed by atoms with van der Waals surface area (Å²) in [5, 5.41) is 20.4. The van der Waals surface area contributed by atoms with Crippen LogP contribution in [0, 0.1) is 11.8 Å². The van der Waals surface area contributed by atoms with E-state index in [1.807, 2.05) is 6.07 Å². The molecule has 0 unspecified atom stereocenters. The summed E-state index contributed by atoms with van der Waals surface area (Å²) in [5.74, 6) is 0.490. The molecule has 1 aliphatic carbocycles. The van der Waals surface area contributed by atoms with Crippen LogP contribution in [0.25, 0.3) is 0 Å². The van der Waals surface area contributed by atoms with Gasteiger partial charge in [0.15, 0.2) is 5.60 Å². The molecule has 0 aromatic heterocycles. The molecule has 3 rings (SSSR count). The molecule has 114 valence electrons. The predicted molar refractivity (Wildman–Crippen MR) is 75.4 cm³/mol. The minimum Gasteiger partial charge on any atom is -0.496 e.